The molecular weight excluding hydrogens is 349 g/mol. The summed E-state index contributed by atoms with van der Waals surface area (Å²) in [5.41, 5.74) is 1.97. The fourth-order valence-corrected chi connectivity index (χ4v) is 3.00. The maximum absolute atomic E-state index is 11.7. The van der Waals surface area contributed by atoms with Crippen LogP contribution in [0.4, 0.5) is 0 Å². The molecule has 0 saturated heterocycles. The standard InChI is InChI=1S/C18H17Cl2NO3/c19-10-15-9-16(22)18(23)17(24-15)11-21-7-5-13(6-8-21)12-1-3-14(20)4-2-12/h1-5,9,23H,6-8,10-11H2. The topological polar surface area (TPSA) is 53.7 Å². The van der Waals surface area contributed by atoms with Gasteiger partial charge in [-0.15, -0.1) is 11.6 Å². The van der Waals surface area contributed by atoms with Gasteiger partial charge in [0.1, 0.15) is 5.76 Å². The van der Waals surface area contributed by atoms with Crippen molar-refractivity contribution in [3.63, 3.8) is 0 Å². The number of aromatic hydroxyl groups is 1. The van der Waals surface area contributed by atoms with Crippen molar-refractivity contribution < 1.29 is 9.52 Å². The molecule has 0 spiro atoms. The molecule has 24 heavy (non-hydrogen) atoms. The number of hydrogen-bond acceptors (Lipinski definition) is 4. The normalized spacial score (nSPS) is 15.3. The van der Waals surface area contributed by atoms with Gasteiger partial charge in [0.15, 0.2) is 5.76 Å². The van der Waals surface area contributed by atoms with Crippen LogP contribution >= 0.6 is 23.2 Å². The lowest BCUT2D eigenvalue weighted by Crippen LogP contribution is -2.28. The molecule has 0 bridgehead atoms. The Morgan fingerprint density at radius 2 is 2.00 bits per heavy atom. The number of rotatable bonds is 4. The lowest BCUT2D eigenvalue weighted by atomic mass is 9.99. The third kappa shape index (κ3) is 3.83. The van der Waals surface area contributed by atoms with Crippen molar-refractivity contribution in [3.8, 4) is 5.75 Å². The Balaban J connectivity index is 1.72. The predicted molar refractivity (Wildman–Crippen MR) is 95.5 cm³/mol. The van der Waals surface area contributed by atoms with E-state index in [1.807, 2.05) is 24.3 Å². The molecule has 0 unspecified atom stereocenters. The quantitative estimate of drug-likeness (QED) is 0.831. The Kier molecular flexibility index (Phi) is 5.29. The minimum Gasteiger partial charge on any atom is -0.502 e. The SMILES string of the molecule is O=c1cc(CCl)oc(CN2CC=C(c3ccc(Cl)cc3)CC2)c1O. The molecule has 1 aliphatic rings. The molecule has 4 nitrogen and oxygen atoms in total. The van der Waals surface area contributed by atoms with Crippen molar-refractivity contribution in [1.82, 2.24) is 4.90 Å². The molecule has 0 amide bonds. The van der Waals surface area contributed by atoms with Crippen LogP contribution in [0, 0.1) is 0 Å². The van der Waals surface area contributed by atoms with E-state index in [1.165, 1.54) is 11.6 Å². The van der Waals surface area contributed by atoms with Gasteiger partial charge in [-0.2, -0.15) is 0 Å². The molecule has 0 saturated carbocycles. The van der Waals surface area contributed by atoms with Gasteiger partial charge in [-0.1, -0.05) is 29.8 Å². The number of halogens is 2. The van der Waals surface area contributed by atoms with Crippen molar-refractivity contribution in [2.45, 2.75) is 18.8 Å². The molecule has 1 aromatic heterocycles. The summed E-state index contributed by atoms with van der Waals surface area (Å²) < 4.78 is 5.51. The van der Waals surface area contributed by atoms with Gasteiger partial charge in [-0.05, 0) is 29.7 Å². The van der Waals surface area contributed by atoms with E-state index in [-0.39, 0.29) is 17.4 Å². The van der Waals surface area contributed by atoms with Crippen LogP contribution in [0.15, 0.2) is 45.6 Å². The molecule has 0 fully saturated rings. The first-order chi connectivity index (χ1) is 11.6. The molecule has 6 heteroatoms. The van der Waals surface area contributed by atoms with E-state index >= 15 is 0 Å². The van der Waals surface area contributed by atoms with Crippen molar-refractivity contribution in [3.05, 3.63) is 68.7 Å². The summed E-state index contributed by atoms with van der Waals surface area (Å²) in [4.78, 5) is 13.8. The van der Waals surface area contributed by atoms with Gasteiger partial charge in [0.2, 0.25) is 11.2 Å². The van der Waals surface area contributed by atoms with Crippen LogP contribution in [0.3, 0.4) is 0 Å². The second kappa shape index (κ2) is 7.43. The molecule has 3 rings (SSSR count). The van der Waals surface area contributed by atoms with Gasteiger partial charge in [-0.25, -0.2) is 0 Å². The van der Waals surface area contributed by atoms with Crippen LogP contribution in [0.1, 0.15) is 23.5 Å². The molecule has 2 heterocycles. The molecule has 1 aliphatic heterocycles. The average molecular weight is 366 g/mol. The van der Waals surface area contributed by atoms with Crippen molar-refractivity contribution >= 4 is 28.8 Å². The molecular formula is C18H17Cl2NO3. The number of hydrogen-bond donors (Lipinski definition) is 1. The third-order valence-corrected chi connectivity index (χ3v) is 4.57. The van der Waals surface area contributed by atoms with Gasteiger partial charge in [0, 0.05) is 24.2 Å². The molecule has 0 aliphatic carbocycles. The van der Waals surface area contributed by atoms with Gasteiger partial charge in [0.25, 0.3) is 0 Å². The van der Waals surface area contributed by atoms with Gasteiger partial charge in [-0.3, -0.25) is 9.69 Å². The highest BCUT2D eigenvalue weighted by atomic mass is 35.5. The second-order valence-corrected chi connectivity index (χ2v) is 6.41. The van der Waals surface area contributed by atoms with Gasteiger partial charge in [0.05, 0.1) is 12.4 Å². The van der Waals surface area contributed by atoms with Gasteiger partial charge < -0.3 is 9.52 Å². The fourth-order valence-electron chi connectivity index (χ4n) is 2.75. The first-order valence-electron chi connectivity index (χ1n) is 7.65. The van der Waals surface area contributed by atoms with Crippen LogP contribution in [0.2, 0.25) is 5.02 Å². The Morgan fingerprint density at radius 3 is 2.62 bits per heavy atom. The van der Waals surface area contributed by atoms with Crippen LogP contribution in [-0.2, 0) is 12.4 Å². The van der Waals surface area contributed by atoms with Crippen molar-refractivity contribution in [2.24, 2.45) is 0 Å². The summed E-state index contributed by atoms with van der Waals surface area (Å²) >= 11 is 11.6. The zero-order chi connectivity index (χ0) is 17.1. The Labute approximate surface area is 149 Å². The third-order valence-electron chi connectivity index (χ3n) is 4.05. The summed E-state index contributed by atoms with van der Waals surface area (Å²) in [5.74, 6) is 0.394. The van der Waals surface area contributed by atoms with E-state index in [9.17, 15) is 9.90 Å². The van der Waals surface area contributed by atoms with E-state index in [0.29, 0.717) is 18.8 Å². The summed E-state index contributed by atoms with van der Waals surface area (Å²) in [7, 11) is 0. The molecule has 2 aromatic rings. The molecule has 1 aromatic carbocycles. The minimum atomic E-state index is -0.457. The maximum atomic E-state index is 11.7. The Morgan fingerprint density at radius 1 is 1.25 bits per heavy atom. The summed E-state index contributed by atoms with van der Waals surface area (Å²) in [6.07, 6.45) is 3.02. The van der Waals surface area contributed by atoms with Crippen molar-refractivity contribution in [1.29, 1.82) is 0 Å². The molecule has 126 valence electrons. The van der Waals surface area contributed by atoms with Gasteiger partial charge >= 0.3 is 0 Å². The lowest BCUT2D eigenvalue weighted by molar-refractivity contribution is 0.251. The summed E-state index contributed by atoms with van der Waals surface area (Å²) in [6.45, 7) is 1.89. The molecule has 1 N–H and O–H groups in total. The van der Waals surface area contributed by atoms with Crippen LogP contribution < -0.4 is 5.43 Å². The van der Waals surface area contributed by atoms with Crippen LogP contribution in [-0.4, -0.2) is 23.1 Å². The number of alkyl halides is 1. The summed E-state index contributed by atoms with van der Waals surface area (Å²) in [5, 5.41) is 10.6. The highest BCUT2D eigenvalue weighted by molar-refractivity contribution is 6.30. The lowest BCUT2D eigenvalue weighted by Gasteiger charge is -2.26. The largest absolute Gasteiger partial charge is 0.502 e. The monoisotopic (exact) mass is 365 g/mol. The Hall–Kier alpha value is -1.75. The zero-order valence-electron chi connectivity index (χ0n) is 13.0. The van der Waals surface area contributed by atoms with Crippen molar-refractivity contribution in [2.75, 3.05) is 13.1 Å². The second-order valence-electron chi connectivity index (χ2n) is 5.70. The number of nitrogens with zero attached hydrogens (tertiary/aromatic N) is 1. The van der Waals surface area contributed by atoms with Crippen LogP contribution in [0.25, 0.3) is 5.57 Å². The molecule has 0 radical (unpaired) electrons. The smallest absolute Gasteiger partial charge is 0.227 e. The predicted octanol–water partition coefficient (Wildman–Crippen LogP) is 4.03. The van der Waals surface area contributed by atoms with E-state index in [4.69, 9.17) is 27.6 Å². The summed E-state index contributed by atoms with van der Waals surface area (Å²) in [6, 6.07) is 9.01. The first-order valence-corrected chi connectivity index (χ1v) is 8.56. The van der Waals surface area contributed by atoms with Crippen LogP contribution in [0.5, 0.6) is 5.75 Å². The maximum Gasteiger partial charge on any atom is 0.227 e. The van der Waals surface area contributed by atoms with E-state index in [1.54, 1.807) is 0 Å². The Bertz CT molecular complexity index is 812. The first kappa shape index (κ1) is 17.1. The fraction of sp³-hybridized carbons (Fsp3) is 0.278. The molecule has 0 atom stereocenters. The average Bonchev–Trinajstić information content (AvgIpc) is 2.60. The van der Waals surface area contributed by atoms with E-state index in [2.05, 4.69) is 11.0 Å². The highest BCUT2D eigenvalue weighted by Crippen LogP contribution is 2.25. The van der Waals surface area contributed by atoms with E-state index < -0.39 is 5.43 Å². The number of benzene rings is 1. The van der Waals surface area contributed by atoms with E-state index in [0.717, 1.165) is 23.6 Å². The zero-order valence-corrected chi connectivity index (χ0v) is 14.5. The highest BCUT2D eigenvalue weighted by Gasteiger charge is 2.18. The minimum absolute atomic E-state index is 0.100.